The number of aromatic nitrogens is 2. The van der Waals surface area contributed by atoms with Crippen LogP contribution in [0.1, 0.15) is 12.2 Å². The molecule has 0 bridgehead atoms. The van der Waals surface area contributed by atoms with E-state index in [1.165, 1.54) is 0 Å². The molecule has 0 fully saturated rings. The fourth-order valence-corrected chi connectivity index (χ4v) is 3.56. The lowest BCUT2D eigenvalue weighted by molar-refractivity contribution is 0.287. The maximum absolute atomic E-state index is 12.3. The van der Waals surface area contributed by atoms with Crippen molar-refractivity contribution in [3.05, 3.63) is 60.4 Å². The molecule has 0 aliphatic carbocycles. The van der Waals surface area contributed by atoms with E-state index in [0.717, 1.165) is 16.9 Å². The topological polar surface area (TPSA) is 81.4 Å². The van der Waals surface area contributed by atoms with Crippen LogP contribution in [0.4, 0.5) is 0 Å². The second-order valence-corrected chi connectivity index (χ2v) is 7.34. The average Bonchev–Trinajstić information content (AvgIpc) is 2.96. The second-order valence-electron chi connectivity index (χ2n) is 5.65. The molecule has 0 amide bonds. The number of rotatable bonds is 8. The maximum atomic E-state index is 12.3. The highest BCUT2D eigenvalue weighted by molar-refractivity contribution is 7.87. The van der Waals surface area contributed by atoms with Gasteiger partial charge in [-0.3, -0.25) is 0 Å². The molecule has 25 heavy (non-hydrogen) atoms. The van der Waals surface area contributed by atoms with Crippen molar-refractivity contribution in [2.24, 2.45) is 0 Å². The van der Waals surface area contributed by atoms with Crippen LogP contribution in [0.25, 0.3) is 11.0 Å². The number of hydrogen-bond donors (Lipinski definition) is 1. The summed E-state index contributed by atoms with van der Waals surface area (Å²) in [4.78, 5) is 4.55. The van der Waals surface area contributed by atoms with Gasteiger partial charge in [0.2, 0.25) is 0 Å². The molecular formula is C18H20N2O4S. The minimum absolute atomic E-state index is 0.0681. The van der Waals surface area contributed by atoms with E-state index in [1.807, 2.05) is 28.8 Å². The quantitative estimate of drug-likeness (QED) is 0.624. The summed E-state index contributed by atoms with van der Waals surface area (Å²) in [6.07, 6.45) is 1.17. The number of fused-ring (bicyclic) bond motifs is 1. The zero-order valence-corrected chi connectivity index (χ0v) is 14.5. The number of para-hydroxylation sites is 3. The lowest BCUT2D eigenvalue weighted by Crippen LogP contribution is -2.19. The highest BCUT2D eigenvalue weighted by Gasteiger charge is 2.16. The zero-order valence-electron chi connectivity index (χ0n) is 13.7. The van der Waals surface area contributed by atoms with Crippen LogP contribution in [-0.4, -0.2) is 35.4 Å². The molecular weight excluding hydrogens is 340 g/mol. The number of imidazole rings is 1. The van der Waals surface area contributed by atoms with Crippen molar-refractivity contribution in [3.63, 3.8) is 0 Å². The first-order valence-electron chi connectivity index (χ1n) is 8.11. The minimum Gasteiger partial charge on any atom is -0.396 e. The van der Waals surface area contributed by atoms with Crippen LogP contribution in [-0.2, 0) is 23.1 Å². The van der Waals surface area contributed by atoms with Crippen LogP contribution in [0.3, 0.4) is 0 Å². The molecule has 0 saturated carbocycles. The predicted octanol–water partition coefficient (Wildman–Crippen LogP) is 2.37. The van der Waals surface area contributed by atoms with Crippen molar-refractivity contribution in [1.29, 1.82) is 0 Å². The van der Waals surface area contributed by atoms with Gasteiger partial charge in [0.05, 0.1) is 11.0 Å². The number of aryl methyl sites for hydroxylation is 2. The van der Waals surface area contributed by atoms with Gasteiger partial charge < -0.3 is 13.9 Å². The summed E-state index contributed by atoms with van der Waals surface area (Å²) >= 11 is 0. The third-order valence-corrected chi connectivity index (χ3v) is 4.95. The Labute approximate surface area is 146 Å². The molecule has 1 heterocycles. The molecule has 0 unspecified atom stereocenters. The molecule has 0 aliphatic rings. The summed E-state index contributed by atoms with van der Waals surface area (Å²) in [6.45, 7) is 0.315. The molecule has 3 aromatic rings. The number of aliphatic hydroxyl groups excluding tert-OH is 1. The number of hydrogen-bond acceptors (Lipinski definition) is 5. The molecule has 0 atom stereocenters. The van der Waals surface area contributed by atoms with E-state index in [9.17, 15) is 8.42 Å². The average molecular weight is 360 g/mol. The SMILES string of the molecule is O=S(=O)(CCn1c(CCCO)nc2ccccc21)Oc1ccccc1. The summed E-state index contributed by atoms with van der Waals surface area (Å²) in [5, 5.41) is 9.06. The van der Waals surface area contributed by atoms with Gasteiger partial charge >= 0.3 is 10.1 Å². The van der Waals surface area contributed by atoms with Crippen molar-refractivity contribution in [2.75, 3.05) is 12.4 Å². The molecule has 0 saturated heterocycles. The van der Waals surface area contributed by atoms with Gasteiger partial charge in [-0.25, -0.2) is 4.98 Å². The molecule has 0 spiro atoms. The Bertz CT molecular complexity index is 936. The Morgan fingerprint density at radius 3 is 2.52 bits per heavy atom. The second kappa shape index (κ2) is 7.67. The van der Waals surface area contributed by atoms with Crippen LogP contribution in [0, 0.1) is 0 Å². The molecule has 0 radical (unpaired) electrons. The zero-order chi connectivity index (χ0) is 17.7. The van der Waals surface area contributed by atoms with E-state index >= 15 is 0 Å². The number of benzene rings is 2. The van der Waals surface area contributed by atoms with E-state index in [0.29, 0.717) is 18.6 Å². The minimum atomic E-state index is -3.71. The van der Waals surface area contributed by atoms with Gasteiger partial charge in [-0.05, 0) is 30.7 Å². The van der Waals surface area contributed by atoms with Crippen molar-refractivity contribution < 1.29 is 17.7 Å². The van der Waals surface area contributed by atoms with Gasteiger partial charge in [0.15, 0.2) is 0 Å². The standard InChI is InChI=1S/C18H20N2O4S/c21-13-6-11-18-19-16-9-4-5-10-17(16)20(18)12-14-25(22,23)24-15-7-2-1-3-8-15/h1-5,7-10,21H,6,11-14H2. The third kappa shape index (κ3) is 4.37. The van der Waals surface area contributed by atoms with Gasteiger partial charge in [0.1, 0.15) is 17.3 Å². The molecule has 0 aliphatic heterocycles. The predicted molar refractivity (Wildman–Crippen MR) is 96.0 cm³/mol. The molecule has 1 aromatic heterocycles. The monoisotopic (exact) mass is 360 g/mol. The fourth-order valence-electron chi connectivity index (χ4n) is 2.67. The van der Waals surface area contributed by atoms with Gasteiger partial charge in [0.25, 0.3) is 0 Å². The summed E-state index contributed by atoms with van der Waals surface area (Å²) < 4.78 is 31.5. The van der Waals surface area contributed by atoms with E-state index in [4.69, 9.17) is 9.29 Å². The van der Waals surface area contributed by atoms with Crippen LogP contribution in [0.15, 0.2) is 54.6 Å². The van der Waals surface area contributed by atoms with Crippen molar-refractivity contribution in [1.82, 2.24) is 9.55 Å². The lowest BCUT2D eigenvalue weighted by atomic mass is 10.3. The van der Waals surface area contributed by atoms with Gasteiger partial charge in [-0.2, -0.15) is 8.42 Å². The van der Waals surface area contributed by atoms with E-state index in [-0.39, 0.29) is 18.9 Å². The number of aliphatic hydroxyl groups is 1. The van der Waals surface area contributed by atoms with Crippen LogP contribution in [0.5, 0.6) is 5.75 Å². The summed E-state index contributed by atoms with van der Waals surface area (Å²) in [5.74, 6) is 0.914. The Kier molecular flexibility index (Phi) is 5.35. The first kappa shape index (κ1) is 17.4. The highest BCUT2D eigenvalue weighted by Crippen LogP contribution is 2.18. The molecule has 7 heteroatoms. The molecule has 2 aromatic carbocycles. The fraction of sp³-hybridized carbons (Fsp3) is 0.278. The molecule has 1 N–H and O–H groups in total. The molecule has 3 rings (SSSR count). The van der Waals surface area contributed by atoms with Gasteiger partial charge in [-0.15, -0.1) is 0 Å². The van der Waals surface area contributed by atoms with Gasteiger partial charge in [0, 0.05) is 19.6 Å². The van der Waals surface area contributed by atoms with Crippen molar-refractivity contribution >= 4 is 21.2 Å². The van der Waals surface area contributed by atoms with Crippen molar-refractivity contribution in [3.8, 4) is 5.75 Å². The van der Waals surface area contributed by atoms with Crippen LogP contribution >= 0.6 is 0 Å². The summed E-state index contributed by atoms with van der Waals surface area (Å²) in [7, 11) is -3.71. The normalized spacial score (nSPS) is 11.7. The highest BCUT2D eigenvalue weighted by atomic mass is 32.2. The maximum Gasteiger partial charge on any atom is 0.310 e. The smallest absolute Gasteiger partial charge is 0.310 e. The lowest BCUT2D eigenvalue weighted by Gasteiger charge is -2.10. The van der Waals surface area contributed by atoms with E-state index in [1.54, 1.807) is 30.3 Å². The first-order valence-corrected chi connectivity index (χ1v) is 9.69. The Balaban J connectivity index is 1.79. The largest absolute Gasteiger partial charge is 0.396 e. The summed E-state index contributed by atoms with van der Waals surface area (Å²) in [5.41, 5.74) is 1.70. The number of nitrogens with zero attached hydrogens (tertiary/aromatic N) is 2. The van der Waals surface area contributed by atoms with Crippen LogP contribution in [0.2, 0.25) is 0 Å². The Morgan fingerprint density at radius 2 is 1.76 bits per heavy atom. The third-order valence-electron chi connectivity index (χ3n) is 3.82. The van der Waals surface area contributed by atoms with Gasteiger partial charge in [-0.1, -0.05) is 30.3 Å². The van der Waals surface area contributed by atoms with E-state index < -0.39 is 10.1 Å². The summed E-state index contributed by atoms with van der Waals surface area (Å²) in [6, 6.07) is 16.1. The molecule has 6 nitrogen and oxygen atoms in total. The van der Waals surface area contributed by atoms with E-state index in [2.05, 4.69) is 4.98 Å². The molecule has 132 valence electrons. The van der Waals surface area contributed by atoms with Crippen molar-refractivity contribution in [2.45, 2.75) is 19.4 Å². The Hall–Kier alpha value is -2.38. The van der Waals surface area contributed by atoms with Crippen LogP contribution < -0.4 is 4.18 Å². The Morgan fingerprint density at radius 1 is 1.04 bits per heavy atom. The first-order chi connectivity index (χ1) is 12.1.